The van der Waals surface area contributed by atoms with Gasteiger partial charge in [0.2, 0.25) is 0 Å². The van der Waals surface area contributed by atoms with E-state index in [0.29, 0.717) is 25.0 Å². The third-order valence-electron chi connectivity index (χ3n) is 3.23. The van der Waals surface area contributed by atoms with Crippen LogP contribution < -0.4 is 10.6 Å². The number of hydrogen-bond donors (Lipinski definition) is 3. The predicted molar refractivity (Wildman–Crippen MR) is 75.6 cm³/mol. The highest BCUT2D eigenvalue weighted by molar-refractivity contribution is 5.67. The number of carbonyl (C=O) groups is 2. The van der Waals surface area contributed by atoms with Gasteiger partial charge in [-0.05, 0) is 46.0 Å². The van der Waals surface area contributed by atoms with Crippen LogP contribution in [0.4, 0.5) is 4.79 Å². The zero-order valence-corrected chi connectivity index (χ0v) is 12.6. The minimum Gasteiger partial charge on any atom is -0.481 e. The standard InChI is InChI=1S/C14H26N2O4/c1-14(2,3)20-13(19)16-7-6-15-11-8-10(9-11)4-5-12(17)18/h10-11,15H,4-9H2,1-3H3,(H,16,19)(H,17,18). The molecule has 0 heterocycles. The monoisotopic (exact) mass is 286 g/mol. The molecule has 0 unspecified atom stereocenters. The minimum absolute atomic E-state index is 0.261. The van der Waals surface area contributed by atoms with Gasteiger partial charge in [-0.15, -0.1) is 0 Å². The topological polar surface area (TPSA) is 87.7 Å². The molecular weight excluding hydrogens is 260 g/mol. The molecule has 0 saturated heterocycles. The summed E-state index contributed by atoms with van der Waals surface area (Å²) in [5.74, 6) is -0.189. The third-order valence-corrected chi connectivity index (χ3v) is 3.23. The van der Waals surface area contributed by atoms with E-state index in [4.69, 9.17) is 9.84 Å². The molecule has 0 atom stereocenters. The Bertz CT molecular complexity index is 333. The van der Waals surface area contributed by atoms with Gasteiger partial charge in [-0.1, -0.05) is 0 Å². The number of aliphatic carboxylic acids is 1. The van der Waals surface area contributed by atoms with Crippen LogP contribution in [-0.2, 0) is 9.53 Å². The summed E-state index contributed by atoms with van der Waals surface area (Å²) in [4.78, 5) is 21.8. The van der Waals surface area contributed by atoms with E-state index >= 15 is 0 Å². The van der Waals surface area contributed by atoms with Crippen LogP contribution in [0.3, 0.4) is 0 Å². The van der Waals surface area contributed by atoms with Crippen LogP contribution in [0, 0.1) is 5.92 Å². The molecule has 0 aromatic heterocycles. The van der Waals surface area contributed by atoms with Crippen LogP contribution in [0.25, 0.3) is 0 Å². The van der Waals surface area contributed by atoms with Crippen LogP contribution in [0.1, 0.15) is 46.5 Å². The molecule has 1 fully saturated rings. The Morgan fingerprint density at radius 1 is 1.25 bits per heavy atom. The first kappa shape index (κ1) is 16.8. The van der Waals surface area contributed by atoms with Crippen molar-refractivity contribution in [3.8, 4) is 0 Å². The van der Waals surface area contributed by atoms with Gasteiger partial charge in [0, 0.05) is 25.6 Å². The maximum atomic E-state index is 11.4. The van der Waals surface area contributed by atoms with E-state index in [9.17, 15) is 9.59 Å². The van der Waals surface area contributed by atoms with Crippen LogP contribution in [-0.4, -0.2) is 41.9 Å². The molecule has 1 rings (SSSR count). The summed E-state index contributed by atoms with van der Waals surface area (Å²) < 4.78 is 5.12. The SMILES string of the molecule is CC(C)(C)OC(=O)NCCNC1CC(CCC(=O)O)C1. The van der Waals surface area contributed by atoms with Gasteiger partial charge in [-0.2, -0.15) is 0 Å². The number of hydrogen-bond acceptors (Lipinski definition) is 4. The van der Waals surface area contributed by atoms with Gasteiger partial charge >= 0.3 is 12.1 Å². The first-order valence-electron chi connectivity index (χ1n) is 7.18. The molecule has 0 aromatic rings. The summed E-state index contributed by atoms with van der Waals surface area (Å²) in [7, 11) is 0. The number of amides is 1. The van der Waals surface area contributed by atoms with Crippen molar-refractivity contribution in [3.05, 3.63) is 0 Å². The number of carboxylic acids is 1. The summed E-state index contributed by atoms with van der Waals surface area (Å²) in [6.45, 7) is 6.73. The molecule has 3 N–H and O–H groups in total. The van der Waals surface area contributed by atoms with Gasteiger partial charge in [0.25, 0.3) is 0 Å². The highest BCUT2D eigenvalue weighted by Crippen LogP contribution is 2.31. The number of ether oxygens (including phenoxy) is 1. The van der Waals surface area contributed by atoms with E-state index in [1.165, 1.54) is 0 Å². The van der Waals surface area contributed by atoms with Crippen LogP contribution in [0.5, 0.6) is 0 Å². The molecule has 1 saturated carbocycles. The fraction of sp³-hybridized carbons (Fsp3) is 0.857. The van der Waals surface area contributed by atoms with Crippen molar-refractivity contribution in [1.29, 1.82) is 0 Å². The van der Waals surface area contributed by atoms with E-state index in [-0.39, 0.29) is 6.42 Å². The van der Waals surface area contributed by atoms with Gasteiger partial charge < -0.3 is 20.5 Å². The average Bonchev–Trinajstić information content (AvgIpc) is 2.22. The van der Waals surface area contributed by atoms with Crippen molar-refractivity contribution in [1.82, 2.24) is 10.6 Å². The summed E-state index contributed by atoms with van der Waals surface area (Å²) >= 11 is 0. The largest absolute Gasteiger partial charge is 0.481 e. The molecule has 0 spiro atoms. The second kappa shape index (κ2) is 7.47. The molecule has 1 aliphatic carbocycles. The number of carboxylic acid groups (broad SMARTS) is 1. The van der Waals surface area contributed by atoms with Crippen molar-refractivity contribution in [2.45, 2.75) is 58.1 Å². The van der Waals surface area contributed by atoms with E-state index in [1.807, 2.05) is 20.8 Å². The quantitative estimate of drug-likeness (QED) is 0.621. The summed E-state index contributed by atoms with van der Waals surface area (Å²) in [5, 5.41) is 14.6. The fourth-order valence-corrected chi connectivity index (χ4v) is 2.22. The van der Waals surface area contributed by atoms with Crippen molar-refractivity contribution in [3.63, 3.8) is 0 Å². The molecule has 20 heavy (non-hydrogen) atoms. The highest BCUT2D eigenvalue weighted by atomic mass is 16.6. The van der Waals surface area contributed by atoms with Crippen LogP contribution in [0.15, 0.2) is 0 Å². The Hall–Kier alpha value is -1.30. The smallest absolute Gasteiger partial charge is 0.407 e. The van der Waals surface area contributed by atoms with Gasteiger partial charge in [0.05, 0.1) is 0 Å². The number of carbonyl (C=O) groups excluding carboxylic acids is 1. The molecule has 6 nitrogen and oxygen atoms in total. The fourth-order valence-electron chi connectivity index (χ4n) is 2.22. The van der Waals surface area contributed by atoms with Crippen LogP contribution >= 0.6 is 0 Å². The summed E-state index contributed by atoms with van der Waals surface area (Å²) in [6, 6.07) is 0.453. The molecule has 0 bridgehead atoms. The Morgan fingerprint density at radius 2 is 1.90 bits per heavy atom. The Balaban J connectivity index is 1.96. The van der Waals surface area contributed by atoms with Crippen molar-refractivity contribution >= 4 is 12.1 Å². The predicted octanol–water partition coefficient (Wildman–Crippen LogP) is 1.74. The second-order valence-corrected chi connectivity index (χ2v) is 6.35. The van der Waals surface area contributed by atoms with E-state index in [1.54, 1.807) is 0 Å². The van der Waals surface area contributed by atoms with E-state index < -0.39 is 17.7 Å². The van der Waals surface area contributed by atoms with E-state index in [2.05, 4.69) is 10.6 Å². The van der Waals surface area contributed by atoms with Crippen molar-refractivity contribution in [2.75, 3.05) is 13.1 Å². The van der Waals surface area contributed by atoms with E-state index in [0.717, 1.165) is 19.3 Å². The maximum Gasteiger partial charge on any atom is 0.407 e. The summed E-state index contributed by atoms with van der Waals surface area (Å²) in [5.41, 5.74) is -0.469. The normalized spacial score (nSPS) is 21.9. The first-order valence-corrected chi connectivity index (χ1v) is 7.18. The highest BCUT2D eigenvalue weighted by Gasteiger charge is 2.28. The summed E-state index contributed by atoms with van der Waals surface area (Å²) in [6.07, 6.45) is 2.69. The molecule has 1 amide bonds. The van der Waals surface area contributed by atoms with Gasteiger partial charge in [0.1, 0.15) is 5.60 Å². The third kappa shape index (κ3) is 7.33. The molecule has 0 aliphatic heterocycles. The van der Waals surface area contributed by atoms with Crippen LogP contribution in [0.2, 0.25) is 0 Å². The Labute approximate surface area is 120 Å². The number of alkyl carbamates (subject to hydrolysis) is 1. The molecule has 6 heteroatoms. The maximum absolute atomic E-state index is 11.4. The Morgan fingerprint density at radius 3 is 2.45 bits per heavy atom. The van der Waals surface area contributed by atoms with Gasteiger partial charge in [-0.3, -0.25) is 4.79 Å². The van der Waals surface area contributed by atoms with Crippen molar-refractivity contribution < 1.29 is 19.4 Å². The Kier molecular flexibility index (Phi) is 6.26. The van der Waals surface area contributed by atoms with Crippen molar-refractivity contribution in [2.24, 2.45) is 5.92 Å². The minimum atomic E-state index is -0.719. The lowest BCUT2D eigenvalue weighted by Gasteiger charge is -2.36. The molecule has 116 valence electrons. The lowest BCUT2D eigenvalue weighted by molar-refractivity contribution is -0.137. The lowest BCUT2D eigenvalue weighted by Crippen LogP contribution is -2.45. The molecule has 0 aromatic carbocycles. The molecule has 0 radical (unpaired) electrons. The zero-order valence-electron chi connectivity index (χ0n) is 12.6. The number of nitrogens with one attached hydrogen (secondary N) is 2. The van der Waals surface area contributed by atoms with Gasteiger partial charge in [0.15, 0.2) is 0 Å². The second-order valence-electron chi connectivity index (χ2n) is 6.35. The lowest BCUT2D eigenvalue weighted by atomic mass is 9.77. The first-order chi connectivity index (χ1) is 9.26. The van der Waals surface area contributed by atoms with Gasteiger partial charge in [-0.25, -0.2) is 4.79 Å². The molecule has 1 aliphatic rings. The molecular formula is C14H26N2O4. The zero-order chi connectivity index (χ0) is 15.2. The average molecular weight is 286 g/mol. The number of rotatable bonds is 7.